The van der Waals surface area contributed by atoms with Gasteiger partial charge in [-0.1, -0.05) is 12.1 Å². The molecule has 0 radical (unpaired) electrons. The van der Waals surface area contributed by atoms with Crippen molar-refractivity contribution >= 4 is 33.5 Å². The van der Waals surface area contributed by atoms with Gasteiger partial charge in [-0.2, -0.15) is 9.40 Å². The van der Waals surface area contributed by atoms with Gasteiger partial charge in [0.15, 0.2) is 12.4 Å². The van der Waals surface area contributed by atoms with Crippen molar-refractivity contribution in [2.45, 2.75) is 44.0 Å². The number of ketones is 1. The lowest BCUT2D eigenvalue weighted by Gasteiger charge is -2.33. The molecule has 3 rings (SSSR count). The highest BCUT2D eigenvalue weighted by Crippen LogP contribution is 2.26. The summed E-state index contributed by atoms with van der Waals surface area (Å²) in [4.78, 5) is 36.3. The van der Waals surface area contributed by atoms with Crippen molar-refractivity contribution in [1.29, 1.82) is 0 Å². The first-order chi connectivity index (χ1) is 15.1. The second-order valence-electron chi connectivity index (χ2n) is 7.66. The molecule has 0 spiro atoms. The number of nitrogens with one attached hydrogen (secondary N) is 1. The minimum absolute atomic E-state index is 0.00785. The van der Waals surface area contributed by atoms with Crippen molar-refractivity contribution < 1.29 is 27.5 Å². The Labute approximate surface area is 186 Å². The van der Waals surface area contributed by atoms with Crippen LogP contribution in [0.3, 0.4) is 0 Å². The Morgan fingerprint density at radius 1 is 1.19 bits per heavy atom. The predicted octanol–water partition coefficient (Wildman–Crippen LogP) is 1.66. The average molecular weight is 463 g/mol. The molecule has 1 aromatic heterocycles. The van der Waals surface area contributed by atoms with E-state index in [9.17, 15) is 22.8 Å². The number of ether oxygens (including phenoxy) is 1. The van der Waals surface area contributed by atoms with Gasteiger partial charge in [-0.05, 0) is 45.2 Å². The molecule has 2 aromatic rings. The van der Waals surface area contributed by atoms with Crippen LogP contribution in [-0.2, 0) is 31.4 Å². The average Bonchev–Trinajstić information content (AvgIpc) is 3.08. The monoisotopic (exact) mass is 462 g/mol. The van der Waals surface area contributed by atoms with E-state index in [1.165, 1.54) is 35.9 Å². The highest BCUT2D eigenvalue weighted by molar-refractivity contribution is 7.89. The molecular formula is C21H26N4O6S. The summed E-state index contributed by atoms with van der Waals surface area (Å²) in [5.74, 6) is -1.04. The zero-order valence-electron chi connectivity index (χ0n) is 18.2. The Morgan fingerprint density at radius 2 is 1.88 bits per heavy atom. The predicted molar refractivity (Wildman–Crippen MR) is 116 cm³/mol. The van der Waals surface area contributed by atoms with Gasteiger partial charge in [0.1, 0.15) is 11.9 Å². The van der Waals surface area contributed by atoms with E-state index in [1.807, 2.05) is 0 Å². The zero-order valence-corrected chi connectivity index (χ0v) is 19.0. The van der Waals surface area contributed by atoms with E-state index in [2.05, 4.69) is 10.4 Å². The first-order valence-corrected chi connectivity index (χ1v) is 11.6. The number of hydrogen-bond donors (Lipinski definition) is 1. The first-order valence-electron chi connectivity index (χ1n) is 10.2. The van der Waals surface area contributed by atoms with Crippen molar-refractivity contribution in [2.24, 2.45) is 7.05 Å². The molecule has 1 saturated heterocycles. The van der Waals surface area contributed by atoms with Crippen LogP contribution in [0.2, 0.25) is 0 Å². The van der Waals surface area contributed by atoms with Crippen LogP contribution < -0.4 is 5.32 Å². The van der Waals surface area contributed by atoms with Gasteiger partial charge in [0.25, 0.3) is 5.91 Å². The normalized spacial score (nSPS) is 17.0. The van der Waals surface area contributed by atoms with Gasteiger partial charge in [0.2, 0.25) is 10.0 Å². The van der Waals surface area contributed by atoms with Gasteiger partial charge in [0.05, 0.1) is 10.6 Å². The lowest BCUT2D eigenvalue weighted by Crippen LogP contribution is -2.48. The summed E-state index contributed by atoms with van der Waals surface area (Å²) in [6, 6.07) is 6.24. The van der Waals surface area contributed by atoms with Gasteiger partial charge in [-0.3, -0.25) is 19.1 Å². The minimum Gasteiger partial charge on any atom is -0.454 e. The number of amides is 1. The first kappa shape index (κ1) is 23.6. The largest absolute Gasteiger partial charge is 0.454 e. The van der Waals surface area contributed by atoms with E-state index in [0.29, 0.717) is 30.6 Å². The Morgan fingerprint density at radius 3 is 2.47 bits per heavy atom. The molecule has 1 fully saturated rings. The number of sulfonamides is 1. The summed E-state index contributed by atoms with van der Waals surface area (Å²) in [7, 11) is -2.31. The van der Waals surface area contributed by atoms with Gasteiger partial charge in [-0.15, -0.1) is 0 Å². The summed E-state index contributed by atoms with van der Waals surface area (Å²) < 4.78 is 34.0. The molecule has 11 heteroatoms. The fourth-order valence-corrected chi connectivity index (χ4v) is 5.21. The minimum atomic E-state index is -3.98. The molecule has 0 saturated carbocycles. The summed E-state index contributed by atoms with van der Waals surface area (Å²) >= 11 is 0. The maximum atomic E-state index is 13.1. The topological polar surface area (TPSA) is 128 Å². The Hall–Kier alpha value is -3.05. The molecule has 0 aliphatic carbocycles. The number of benzene rings is 1. The van der Waals surface area contributed by atoms with E-state index in [0.717, 1.165) is 10.00 Å². The standard InChI is InChI=1S/C21H26N4O6S/c1-14-12-19(24(3)23-14)22-20(27)13-31-21(28)18-6-4-5-11-25(18)32(29,30)17-9-7-16(8-10-17)15(2)26/h7-10,12,18H,4-6,11,13H2,1-3H3,(H,22,27). The number of nitrogens with zero attached hydrogens (tertiary/aromatic N) is 3. The third-order valence-electron chi connectivity index (χ3n) is 5.21. The highest BCUT2D eigenvalue weighted by atomic mass is 32.2. The zero-order chi connectivity index (χ0) is 23.5. The Kier molecular flexibility index (Phi) is 7.09. The quantitative estimate of drug-likeness (QED) is 0.489. The molecule has 1 aliphatic heterocycles. The highest BCUT2D eigenvalue weighted by Gasteiger charge is 2.38. The summed E-state index contributed by atoms with van der Waals surface area (Å²) in [6.07, 6.45) is 1.57. The molecule has 1 aromatic carbocycles. The Balaban J connectivity index is 1.68. The second-order valence-corrected chi connectivity index (χ2v) is 9.55. The Bertz CT molecular complexity index is 1120. The molecule has 172 valence electrons. The molecule has 1 amide bonds. The fraction of sp³-hybridized carbons (Fsp3) is 0.429. The van der Waals surface area contributed by atoms with Crippen LogP contribution in [0, 0.1) is 6.92 Å². The maximum absolute atomic E-state index is 13.1. The smallest absolute Gasteiger partial charge is 0.324 e. The van der Waals surface area contributed by atoms with E-state index in [4.69, 9.17) is 4.74 Å². The van der Waals surface area contributed by atoms with Crippen LogP contribution >= 0.6 is 0 Å². The second kappa shape index (κ2) is 9.61. The number of carbonyl (C=O) groups excluding carboxylic acids is 3. The van der Waals surface area contributed by atoms with Crippen molar-refractivity contribution in [1.82, 2.24) is 14.1 Å². The van der Waals surface area contributed by atoms with Gasteiger partial charge in [-0.25, -0.2) is 8.42 Å². The van der Waals surface area contributed by atoms with Crippen LogP contribution in [0.25, 0.3) is 0 Å². The molecule has 1 atom stereocenters. The molecule has 1 aliphatic rings. The molecule has 10 nitrogen and oxygen atoms in total. The number of hydrogen-bond acceptors (Lipinski definition) is 7. The third kappa shape index (κ3) is 5.22. The summed E-state index contributed by atoms with van der Waals surface area (Å²) in [5.41, 5.74) is 1.12. The van der Waals surface area contributed by atoms with Crippen molar-refractivity contribution in [3.8, 4) is 0 Å². The number of Topliss-reactive ketones (excluding diaryl/α,β-unsaturated/α-hetero) is 1. The third-order valence-corrected chi connectivity index (χ3v) is 7.13. The molecule has 32 heavy (non-hydrogen) atoms. The summed E-state index contributed by atoms with van der Waals surface area (Å²) in [5, 5.41) is 6.71. The lowest BCUT2D eigenvalue weighted by atomic mass is 10.1. The van der Waals surface area contributed by atoms with Crippen molar-refractivity contribution in [3.63, 3.8) is 0 Å². The van der Waals surface area contributed by atoms with E-state index >= 15 is 0 Å². The molecule has 2 heterocycles. The number of aryl methyl sites for hydroxylation is 2. The SMILES string of the molecule is CC(=O)c1ccc(S(=O)(=O)N2CCCCC2C(=O)OCC(=O)Nc2cc(C)nn2C)cc1. The van der Waals surface area contributed by atoms with E-state index in [-0.39, 0.29) is 17.2 Å². The van der Waals surface area contributed by atoms with E-state index < -0.39 is 34.5 Å². The van der Waals surface area contributed by atoms with Crippen LogP contribution in [0.15, 0.2) is 35.2 Å². The fourth-order valence-electron chi connectivity index (χ4n) is 3.56. The molecule has 1 unspecified atom stereocenters. The number of rotatable bonds is 7. The number of anilines is 1. The van der Waals surface area contributed by atoms with Gasteiger partial charge in [0, 0.05) is 25.2 Å². The summed E-state index contributed by atoms with van der Waals surface area (Å²) in [6.45, 7) is 2.80. The van der Waals surface area contributed by atoms with Crippen molar-refractivity contribution in [2.75, 3.05) is 18.5 Å². The van der Waals surface area contributed by atoms with Gasteiger partial charge < -0.3 is 10.1 Å². The van der Waals surface area contributed by atoms with Crippen LogP contribution in [0.4, 0.5) is 5.82 Å². The van der Waals surface area contributed by atoms with Crippen LogP contribution in [-0.4, -0.2) is 59.4 Å². The van der Waals surface area contributed by atoms with Crippen LogP contribution in [0.1, 0.15) is 42.2 Å². The number of carbonyl (C=O) groups is 3. The molecule has 0 bridgehead atoms. The van der Waals surface area contributed by atoms with E-state index in [1.54, 1.807) is 20.0 Å². The molecular weight excluding hydrogens is 436 g/mol. The number of esters is 1. The van der Waals surface area contributed by atoms with Gasteiger partial charge >= 0.3 is 5.97 Å². The molecule has 1 N–H and O–H groups in total. The maximum Gasteiger partial charge on any atom is 0.324 e. The number of piperidine rings is 1. The van der Waals surface area contributed by atoms with Crippen molar-refractivity contribution in [3.05, 3.63) is 41.6 Å². The van der Waals surface area contributed by atoms with Crippen LogP contribution in [0.5, 0.6) is 0 Å². The lowest BCUT2D eigenvalue weighted by molar-refractivity contribution is -0.152. The number of aromatic nitrogens is 2.